The molecule has 5 nitrogen and oxygen atoms in total. The van der Waals surface area contributed by atoms with Gasteiger partial charge in [0, 0.05) is 19.2 Å². The van der Waals surface area contributed by atoms with Gasteiger partial charge in [-0.05, 0) is 0 Å². The molecule has 1 N–H and O–H groups in total. The largest absolute Gasteiger partial charge is 0.494 e. The highest BCUT2D eigenvalue weighted by Crippen LogP contribution is 2.31. The molecule has 1 aromatic carbocycles. The molecule has 0 aliphatic rings. The molecule has 0 spiro atoms. The number of nitro benzene ring substituents is 1. The van der Waals surface area contributed by atoms with Crippen LogP contribution in [0.1, 0.15) is 0 Å². The minimum absolute atomic E-state index is 0.232. The van der Waals surface area contributed by atoms with Crippen molar-refractivity contribution >= 4 is 11.4 Å². The molecule has 0 amide bonds. The van der Waals surface area contributed by atoms with Crippen LogP contribution in [0.3, 0.4) is 0 Å². The van der Waals surface area contributed by atoms with Crippen LogP contribution >= 0.6 is 0 Å². The maximum Gasteiger partial charge on any atom is 0.307 e. The smallest absolute Gasteiger partial charge is 0.307 e. The highest BCUT2D eigenvalue weighted by atomic mass is 19.1. The molecule has 76 valence electrons. The summed E-state index contributed by atoms with van der Waals surface area (Å²) in [4.78, 5) is 9.60. The molecule has 0 bridgehead atoms. The third-order valence-electron chi connectivity index (χ3n) is 1.73. The Balaban J connectivity index is 3.30. The van der Waals surface area contributed by atoms with Gasteiger partial charge in [-0.3, -0.25) is 10.1 Å². The van der Waals surface area contributed by atoms with Crippen molar-refractivity contribution in [2.45, 2.75) is 0 Å². The maximum atomic E-state index is 13.1. The van der Waals surface area contributed by atoms with Crippen molar-refractivity contribution in [3.8, 4) is 5.75 Å². The fraction of sp³-hybridized carbons (Fsp3) is 0.250. The number of nitrogens with one attached hydrogen (secondary N) is 1. The summed E-state index contributed by atoms with van der Waals surface area (Å²) >= 11 is 0. The summed E-state index contributed by atoms with van der Waals surface area (Å²) in [5, 5.41) is 13.1. The number of benzene rings is 1. The van der Waals surface area contributed by atoms with Crippen LogP contribution < -0.4 is 10.1 Å². The minimum atomic E-state index is -0.911. The number of methoxy groups -OCH3 is 1. The molecule has 0 fully saturated rings. The Morgan fingerprint density at radius 2 is 2.21 bits per heavy atom. The van der Waals surface area contributed by atoms with Gasteiger partial charge in [-0.2, -0.15) is 4.39 Å². The van der Waals surface area contributed by atoms with Gasteiger partial charge >= 0.3 is 5.69 Å². The first kappa shape index (κ1) is 10.2. The summed E-state index contributed by atoms with van der Waals surface area (Å²) in [6, 6.07) is 2.07. The molecule has 0 unspecified atom stereocenters. The Labute approximate surface area is 79.6 Å². The van der Waals surface area contributed by atoms with Crippen LogP contribution in [0.5, 0.6) is 5.75 Å². The minimum Gasteiger partial charge on any atom is -0.494 e. The van der Waals surface area contributed by atoms with Crippen LogP contribution in [-0.2, 0) is 0 Å². The molecule has 14 heavy (non-hydrogen) atoms. The molecular weight excluding hydrogens is 191 g/mol. The van der Waals surface area contributed by atoms with E-state index < -0.39 is 16.4 Å². The molecule has 6 heteroatoms. The predicted molar refractivity (Wildman–Crippen MR) is 49.2 cm³/mol. The number of anilines is 1. The third-order valence-corrected chi connectivity index (χ3v) is 1.73. The number of ether oxygens (including phenoxy) is 1. The maximum absolute atomic E-state index is 13.1. The van der Waals surface area contributed by atoms with Crippen molar-refractivity contribution in [2.75, 3.05) is 19.5 Å². The van der Waals surface area contributed by atoms with Crippen molar-refractivity contribution in [3.63, 3.8) is 0 Å². The molecule has 0 aromatic heterocycles. The Morgan fingerprint density at radius 1 is 1.57 bits per heavy atom. The Kier molecular flexibility index (Phi) is 2.85. The highest BCUT2D eigenvalue weighted by molar-refractivity contribution is 5.61. The zero-order chi connectivity index (χ0) is 10.7. The van der Waals surface area contributed by atoms with Gasteiger partial charge in [0.1, 0.15) is 5.75 Å². The third kappa shape index (κ3) is 1.73. The predicted octanol–water partition coefficient (Wildman–Crippen LogP) is 1.78. The Hall–Kier alpha value is -1.85. The van der Waals surface area contributed by atoms with Gasteiger partial charge < -0.3 is 10.1 Å². The monoisotopic (exact) mass is 200 g/mol. The topological polar surface area (TPSA) is 64.4 Å². The van der Waals surface area contributed by atoms with Crippen LogP contribution in [0.15, 0.2) is 12.1 Å². The van der Waals surface area contributed by atoms with Crippen LogP contribution in [0, 0.1) is 15.9 Å². The van der Waals surface area contributed by atoms with Gasteiger partial charge in [0.2, 0.25) is 5.82 Å². The fourth-order valence-corrected chi connectivity index (χ4v) is 1.05. The standard InChI is InChI=1S/C8H9FN2O3/c1-10-6-4-7(11(12)13)5(9)3-8(6)14-2/h3-4,10H,1-2H3. The molecule has 1 rings (SSSR count). The van der Waals surface area contributed by atoms with Gasteiger partial charge in [0.25, 0.3) is 0 Å². The zero-order valence-electron chi connectivity index (χ0n) is 7.70. The van der Waals surface area contributed by atoms with Crippen molar-refractivity contribution in [2.24, 2.45) is 0 Å². The molecule has 0 saturated carbocycles. The first-order chi connectivity index (χ1) is 6.60. The summed E-state index contributed by atoms with van der Waals surface area (Å²) in [5.41, 5.74) is -0.198. The van der Waals surface area contributed by atoms with Gasteiger partial charge in [0.05, 0.1) is 17.7 Å². The molecule has 0 saturated heterocycles. The quantitative estimate of drug-likeness (QED) is 0.596. The van der Waals surface area contributed by atoms with Crippen molar-refractivity contribution in [1.82, 2.24) is 0 Å². The van der Waals surface area contributed by atoms with E-state index in [1.807, 2.05) is 0 Å². The summed E-state index contributed by atoms with van der Waals surface area (Å²) in [6.45, 7) is 0. The highest BCUT2D eigenvalue weighted by Gasteiger charge is 2.17. The normalized spacial score (nSPS) is 9.64. The molecule has 0 aliphatic heterocycles. The molecule has 1 aromatic rings. The molecular formula is C8H9FN2O3. The SMILES string of the molecule is CNc1cc([N+](=O)[O-])c(F)cc1OC. The molecule has 0 aliphatic carbocycles. The second-order valence-electron chi connectivity index (χ2n) is 2.51. The number of hydrogen-bond acceptors (Lipinski definition) is 4. The number of hydrogen-bond donors (Lipinski definition) is 1. The zero-order valence-corrected chi connectivity index (χ0v) is 7.70. The van der Waals surface area contributed by atoms with Gasteiger partial charge in [-0.1, -0.05) is 0 Å². The number of nitrogens with zero attached hydrogens (tertiary/aromatic N) is 1. The number of nitro groups is 1. The lowest BCUT2D eigenvalue weighted by atomic mass is 10.2. The average molecular weight is 200 g/mol. The van der Waals surface area contributed by atoms with E-state index >= 15 is 0 Å². The van der Waals surface area contributed by atoms with E-state index in [4.69, 9.17) is 4.74 Å². The molecule has 0 radical (unpaired) electrons. The number of halogens is 1. The first-order valence-corrected chi connectivity index (χ1v) is 3.79. The van der Waals surface area contributed by atoms with E-state index in [0.29, 0.717) is 5.69 Å². The lowest BCUT2D eigenvalue weighted by Crippen LogP contribution is -1.98. The number of rotatable bonds is 3. The Morgan fingerprint density at radius 3 is 2.64 bits per heavy atom. The van der Waals surface area contributed by atoms with E-state index in [0.717, 1.165) is 12.1 Å². The van der Waals surface area contributed by atoms with Crippen LogP contribution in [0.2, 0.25) is 0 Å². The summed E-state index contributed by atoms with van der Waals surface area (Å²) in [7, 11) is 2.93. The summed E-state index contributed by atoms with van der Waals surface area (Å²) in [6.07, 6.45) is 0. The first-order valence-electron chi connectivity index (χ1n) is 3.79. The van der Waals surface area contributed by atoms with E-state index in [9.17, 15) is 14.5 Å². The molecule has 0 heterocycles. The second kappa shape index (κ2) is 3.91. The fourth-order valence-electron chi connectivity index (χ4n) is 1.05. The lowest BCUT2D eigenvalue weighted by molar-refractivity contribution is -0.387. The Bertz CT molecular complexity index is 368. The summed E-state index contributed by atoms with van der Waals surface area (Å²) in [5.74, 6) is -0.679. The second-order valence-corrected chi connectivity index (χ2v) is 2.51. The van der Waals surface area contributed by atoms with E-state index in [1.54, 1.807) is 7.05 Å². The van der Waals surface area contributed by atoms with Gasteiger partial charge in [-0.15, -0.1) is 0 Å². The molecule has 0 atom stereocenters. The van der Waals surface area contributed by atoms with Crippen molar-refractivity contribution in [3.05, 3.63) is 28.1 Å². The van der Waals surface area contributed by atoms with Crippen molar-refractivity contribution < 1.29 is 14.1 Å². The average Bonchev–Trinajstić information content (AvgIpc) is 2.16. The van der Waals surface area contributed by atoms with Gasteiger partial charge in [-0.25, -0.2) is 0 Å². The van der Waals surface area contributed by atoms with E-state index in [1.165, 1.54) is 7.11 Å². The summed E-state index contributed by atoms with van der Waals surface area (Å²) < 4.78 is 17.9. The lowest BCUT2D eigenvalue weighted by Gasteiger charge is -2.07. The van der Waals surface area contributed by atoms with Crippen LogP contribution in [-0.4, -0.2) is 19.1 Å². The van der Waals surface area contributed by atoms with E-state index in [-0.39, 0.29) is 5.75 Å². The van der Waals surface area contributed by atoms with Crippen LogP contribution in [0.25, 0.3) is 0 Å². The van der Waals surface area contributed by atoms with Crippen molar-refractivity contribution in [1.29, 1.82) is 0 Å². The van der Waals surface area contributed by atoms with E-state index in [2.05, 4.69) is 5.32 Å². The van der Waals surface area contributed by atoms with Crippen LogP contribution in [0.4, 0.5) is 15.8 Å². The van der Waals surface area contributed by atoms with Gasteiger partial charge in [0.15, 0.2) is 0 Å².